The van der Waals surface area contributed by atoms with Crippen molar-refractivity contribution in [3.05, 3.63) is 11.9 Å². The topological polar surface area (TPSA) is 79.3 Å². The van der Waals surface area contributed by atoms with Gasteiger partial charge in [-0.2, -0.15) is 5.10 Å². The van der Waals surface area contributed by atoms with Crippen LogP contribution in [0, 0.1) is 0 Å². The Kier molecular flexibility index (Phi) is 5.00. The number of rotatable bonds is 6. The number of anilines is 1. The summed E-state index contributed by atoms with van der Waals surface area (Å²) in [7, 11) is -1.53. The molecule has 1 fully saturated rings. The fourth-order valence-electron chi connectivity index (χ4n) is 2.28. The predicted molar refractivity (Wildman–Crippen MR) is 79.3 cm³/mol. The van der Waals surface area contributed by atoms with Crippen LogP contribution in [0.4, 0.5) is 5.69 Å². The minimum absolute atomic E-state index is 0.116. The zero-order valence-corrected chi connectivity index (χ0v) is 12.9. The number of hydrogen-bond donors (Lipinski definition) is 2. The summed E-state index contributed by atoms with van der Waals surface area (Å²) in [6, 6.07) is 0. The Morgan fingerprint density at radius 2 is 2.10 bits per heavy atom. The number of nitrogens with one attached hydrogen (secondary N) is 2. The van der Waals surface area contributed by atoms with Gasteiger partial charge in [0.15, 0.2) is 0 Å². The van der Waals surface area contributed by atoms with Gasteiger partial charge in [-0.1, -0.05) is 6.92 Å². The van der Waals surface area contributed by atoms with Crippen LogP contribution >= 0.6 is 0 Å². The summed E-state index contributed by atoms with van der Waals surface area (Å²) in [5.41, 5.74) is 1.37. The van der Waals surface area contributed by atoms with Crippen molar-refractivity contribution in [3.8, 4) is 0 Å². The van der Waals surface area contributed by atoms with Crippen molar-refractivity contribution >= 4 is 15.7 Å². The van der Waals surface area contributed by atoms with Gasteiger partial charge in [-0.05, 0) is 6.42 Å². The molecule has 1 aliphatic rings. The number of sulfonamides is 1. The number of aryl methyl sites for hydroxylation is 2. The van der Waals surface area contributed by atoms with E-state index in [9.17, 15) is 8.42 Å². The van der Waals surface area contributed by atoms with E-state index < -0.39 is 10.0 Å². The minimum atomic E-state index is -3.32. The molecule has 0 bridgehead atoms. The molecule has 0 aliphatic carbocycles. The van der Waals surface area contributed by atoms with Gasteiger partial charge in [-0.15, -0.1) is 0 Å². The quantitative estimate of drug-likeness (QED) is 0.749. The molecule has 0 spiro atoms. The van der Waals surface area contributed by atoms with Gasteiger partial charge in [0.2, 0.25) is 10.0 Å². The van der Waals surface area contributed by atoms with E-state index in [0.717, 1.165) is 31.9 Å². The van der Waals surface area contributed by atoms with Crippen LogP contribution in [0.25, 0.3) is 0 Å². The van der Waals surface area contributed by atoms with Gasteiger partial charge in [0.05, 0.1) is 17.1 Å². The van der Waals surface area contributed by atoms with Gasteiger partial charge in [0, 0.05) is 46.0 Å². The molecule has 2 rings (SSSR count). The third-order valence-electron chi connectivity index (χ3n) is 3.39. The van der Waals surface area contributed by atoms with E-state index in [-0.39, 0.29) is 5.75 Å². The van der Waals surface area contributed by atoms with Crippen LogP contribution in [0.15, 0.2) is 6.20 Å². The molecule has 0 saturated carbocycles. The molecule has 0 aromatic carbocycles. The first-order chi connectivity index (χ1) is 9.50. The van der Waals surface area contributed by atoms with Crippen LogP contribution < -0.4 is 10.0 Å². The standard InChI is InChI=1S/C12H23N5O2S/c1-3-11-12(10-16(2)14-11)15-20(18,19)9-8-17-6-4-13-5-7-17/h10,13,15H,3-9H2,1-2H3. The number of nitrogens with zero attached hydrogens (tertiary/aromatic N) is 3. The van der Waals surface area contributed by atoms with Crippen molar-refractivity contribution in [2.45, 2.75) is 13.3 Å². The van der Waals surface area contributed by atoms with Crippen LogP contribution in [0.3, 0.4) is 0 Å². The highest BCUT2D eigenvalue weighted by molar-refractivity contribution is 7.92. The second kappa shape index (κ2) is 6.55. The van der Waals surface area contributed by atoms with Crippen LogP contribution in [-0.4, -0.2) is 61.6 Å². The van der Waals surface area contributed by atoms with Crippen LogP contribution in [0.2, 0.25) is 0 Å². The third kappa shape index (κ3) is 4.19. The predicted octanol–water partition coefficient (Wildman–Crippen LogP) is -0.371. The number of aromatic nitrogens is 2. The zero-order valence-electron chi connectivity index (χ0n) is 12.1. The molecule has 1 aliphatic heterocycles. The first kappa shape index (κ1) is 15.3. The maximum absolute atomic E-state index is 12.1. The lowest BCUT2D eigenvalue weighted by Crippen LogP contribution is -2.45. The average molecular weight is 301 g/mol. The lowest BCUT2D eigenvalue weighted by molar-refractivity contribution is 0.254. The lowest BCUT2D eigenvalue weighted by atomic mass is 10.3. The largest absolute Gasteiger partial charge is 0.314 e. The molecule has 0 unspecified atom stereocenters. The van der Waals surface area contributed by atoms with E-state index in [4.69, 9.17) is 0 Å². The monoisotopic (exact) mass is 301 g/mol. The van der Waals surface area contributed by atoms with Gasteiger partial charge < -0.3 is 5.32 Å². The molecule has 7 nitrogen and oxygen atoms in total. The maximum atomic E-state index is 12.1. The molecule has 20 heavy (non-hydrogen) atoms. The lowest BCUT2D eigenvalue weighted by Gasteiger charge is -2.26. The minimum Gasteiger partial charge on any atom is -0.314 e. The molecule has 1 aromatic rings. The molecular formula is C12H23N5O2S. The maximum Gasteiger partial charge on any atom is 0.234 e. The van der Waals surface area contributed by atoms with E-state index in [1.807, 2.05) is 6.92 Å². The van der Waals surface area contributed by atoms with Gasteiger partial charge in [0.25, 0.3) is 0 Å². The van der Waals surface area contributed by atoms with Gasteiger partial charge in [-0.25, -0.2) is 8.42 Å². The van der Waals surface area contributed by atoms with Crippen LogP contribution in [-0.2, 0) is 23.5 Å². The SMILES string of the molecule is CCc1nn(C)cc1NS(=O)(=O)CCN1CCNCC1. The Morgan fingerprint density at radius 1 is 1.40 bits per heavy atom. The highest BCUT2D eigenvalue weighted by Crippen LogP contribution is 2.15. The summed E-state index contributed by atoms with van der Waals surface area (Å²) in [4.78, 5) is 2.17. The number of hydrogen-bond acceptors (Lipinski definition) is 5. The Hall–Kier alpha value is -1.12. The summed E-state index contributed by atoms with van der Waals surface area (Å²) in [6.45, 7) is 6.19. The van der Waals surface area contributed by atoms with Crippen molar-refractivity contribution in [3.63, 3.8) is 0 Å². The number of piperazine rings is 1. The Balaban J connectivity index is 1.92. The second-order valence-corrected chi connectivity index (χ2v) is 6.87. The third-order valence-corrected chi connectivity index (χ3v) is 4.64. The van der Waals surface area contributed by atoms with E-state index in [1.165, 1.54) is 0 Å². The summed E-state index contributed by atoms with van der Waals surface area (Å²) >= 11 is 0. The van der Waals surface area contributed by atoms with Gasteiger partial charge in [-0.3, -0.25) is 14.3 Å². The summed E-state index contributed by atoms with van der Waals surface area (Å²) in [5, 5.41) is 7.49. The molecule has 1 aromatic heterocycles. The summed E-state index contributed by atoms with van der Waals surface area (Å²) in [6.07, 6.45) is 2.41. The fourth-order valence-corrected chi connectivity index (χ4v) is 3.39. The summed E-state index contributed by atoms with van der Waals surface area (Å²) < 4.78 is 28.5. The van der Waals surface area contributed by atoms with Crippen molar-refractivity contribution in [2.75, 3.05) is 43.2 Å². The highest BCUT2D eigenvalue weighted by atomic mass is 32.2. The average Bonchev–Trinajstić information content (AvgIpc) is 2.77. The summed E-state index contributed by atoms with van der Waals surface area (Å²) in [5.74, 6) is 0.116. The Bertz CT molecular complexity index is 534. The van der Waals surface area contributed by atoms with E-state index >= 15 is 0 Å². The Labute approximate surface area is 120 Å². The van der Waals surface area contributed by atoms with Crippen molar-refractivity contribution in [1.82, 2.24) is 20.0 Å². The van der Waals surface area contributed by atoms with E-state index in [1.54, 1.807) is 17.9 Å². The molecule has 0 radical (unpaired) electrons. The van der Waals surface area contributed by atoms with E-state index in [0.29, 0.717) is 18.7 Å². The first-order valence-electron chi connectivity index (χ1n) is 6.96. The van der Waals surface area contributed by atoms with Crippen molar-refractivity contribution in [2.24, 2.45) is 7.05 Å². The molecule has 8 heteroatoms. The highest BCUT2D eigenvalue weighted by Gasteiger charge is 2.17. The van der Waals surface area contributed by atoms with Crippen LogP contribution in [0.5, 0.6) is 0 Å². The first-order valence-corrected chi connectivity index (χ1v) is 8.61. The fraction of sp³-hybridized carbons (Fsp3) is 0.750. The molecule has 0 atom stereocenters. The molecule has 0 amide bonds. The van der Waals surface area contributed by atoms with Crippen molar-refractivity contribution in [1.29, 1.82) is 0 Å². The molecule has 2 N–H and O–H groups in total. The molecular weight excluding hydrogens is 278 g/mol. The second-order valence-electron chi connectivity index (χ2n) is 5.03. The molecule has 1 saturated heterocycles. The smallest absolute Gasteiger partial charge is 0.234 e. The molecule has 114 valence electrons. The zero-order chi connectivity index (χ0) is 14.6. The van der Waals surface area contributed by atoms with Gasteiger partial charge >= 0.3 is 0 Å². The Morgan fingerprint density at radius 3 is 2.75 bits per heavy atom. The normalized spacial score (nSPS) is 17.3. The van der Waals surface area contributed by atoms with E-state index in [2.05, 4.69) is 20.0 Å². The van der Waals surface area contributed by atoms with Gasteiger partial charge in [0.1, 0.15) is 0 Å². The van der Waals surface area contributed by atoms with Crippen LogP contribution in [0.1, 0.15) is 12.6 Å². The van der Waals surface area contributed by atoms with Crippen molar-refractivity contribution < 1.29 is 8.42 Å². The molecule has 2 heterocycles.